The smallest absolute Gasteiger partial charge is 0.256 e. The molecule has 7 rings (SSSR count). The lowest BCUT2D eigenvalue weighted by Crippen LogP contribution is -2.25. The Hall–Kier alpha value is -5.67. The second-order valence-corrected chi connectivity index (χ2v) is 11.7. The van der Waals surface area contributed by atoms with Crippen molar-refractivity contribution in [2.24, 2.45) is 0 Å². The lowest BCUT2D eigenvalue weighted by Gasteiger charge is -2.18. The first-order chi connectivity index (χ1) is 22.6. The molecule has 6 aromatic rings. The number of hydrogen-bond acceptors (Lipinski definition) is 6. The highest BCUT2D eigenvalue weighted by atomic mass is 32.2. The minimum Gasteiger partial charge on any atom is -0.340 e. The number of para-hydroxylation sites is 1. The molecular formula is C37H30N6O2S. The number of thioether (sulfide) groups is 1. The summed E-state index contributed by atoms with van der Waals surface area (Å²) in [5, 5.41) is 7.21. The van der Waals surface area contributed by atoms with Gasteiger partial charge in [0.25, 0.3) is 11.8 Å². The Morgan fingerprint density at radius 3 is 2.50 bits per heavy atom. The molecule has 9 heteroatoms. The van der Waals surface area contributed by atoms with Gasteiger partial charge in [0.15, 0.2) is 5.16 Å². The summed E-state index contributed by atoms with van der Waals surface area (Å²) in [6.07, 6.45) is 3.75. The molecule has 1 aliphatic heterocycles. The summed E-state index contributed by atoms with van der Waals surface area (Å²) in [6, 6.07) is 36.6. The number of anilines is 3. The zero-order chi connectivity index (χ0) is 31.5. The Morgan fingerprint density at radius 2 is 1.65 bits per heavy atom. The number of benzene rings is 4. The number of aromatic amines is 1. The van der Waals surface area contributed by atoms with E-state index in [-0.39, 0.29) is 11.8 Å². The molecule has 2 aromatic heterocycles. The Balaban J connectivity index is 1.13. The second kappa shape index (κ2) is 12.7. The van der Waals surface area contributed by atoms with Crippen LogP contribution in [0.5, 0.6) is 0 Å². The fourth-order valence-corrected chi connectivity index (χ4v) is 6.05. The van der Waals surface area contributed by atoms with Gasteiger partial charge in [-0.15, -0.1) is 0 Å². The number of rotatable bonds is 9. The summed E-state index contributed by atoms with van der Waals surface area (Å²) in [5.74, 6) is 0.457. The Morgan fingerprint density at radius 1 is 0.870 bits per heavy atom. The summed E-state index contributed by atoms with van der Waals surface area (Å²) >= 11 is 1.53. The highest BCUT2D eigenvalue weighted by Crippen LogP contribution is 2.34. The molecule has 0 spiro atoms. The molecule has 3 heterocycles. The number of carbonyl (C=O) groups excluding carboxylic acids is 2. The van der Waals surface area contributed by atoms with Crippen molar-refractivity contribution in [3.8, 4) is 22.5 Å². The lowest BCUT2D eigenvalue weighted by atomic mass is 10.0. The molecule has 46 heavy (non-hydrogen) atoms. The Bertz CT molecular complexity index is 2060. The topological polar surface area (TPSA) is 103 Å². The number of imidazole rings is 1. The summed E-state index contributed by atoms with van der Waals surface area (Å²) in [7, 11) is 0. The van der Waals surface area contributed by atoms with E-state index in [0.717, 1.165) is 50.0 Å². The standard InChI is InChI=1S/C37H30N6O2S/c1-46-37-41-33(34(42-37)25-18-19-38-32(21-25)39-28-13-3-2-4-14-28)24-12-9-15-29(20-24)40-35(44)30-16-7-5-10-26(30)22-43-23-27-11-6-8-17-31(27)36(43)45/h2-21H,22-23H2,1H3,(H,38,39)(H,40,44)(H,41,42). The third kappa shape index (κ3) is 6.00. The number of H-pyrrole nitrogens is 1. The minimum atomic E-state index is -0.241. The van der Waals surface area contributed by atoms with E-state index in [4.69, 9.17) is 4.98 Å². The lowest BCUT2D eigenvalue weighted by molar-refractivity contribution is 0.0764. The first-order valence-corrected chi connectivity index (χ1v) is 16.1. The van der Waals surface area contributed by atoms with E-state index in [2.05, 4.69) is 20.6 Å². The van der Waals surface area contributed by atoms with Crippen molar-refractivity contribution < 1.29 is 9.59 Å². The molecule has 0 fully saturated rings. The second-order valence-electron chi connectivity index (χ2n) is 10.9. The van der Waals surface area contributed by atoms with E-state index < -0.39 is 0 Å². The molecule has 0 saturated heterocycles. The van der Waals surface area contributed by atoms with Gasteiger partial charge in [0.2, 0.25) is 0 Å². The molecule has 3 N–H and O–H groups in total. The van der Waals surface area contributed by atoms with Crippen LogP contribution in [0.3, 0.4) is 0 Å². The molecule has 0 atom stereocenters. The zero-order valence-corrected chi connectivity index (χ0v) is 25.8. The number of nitrogens with zero attached hydrogens (tertiary/aromatic N) is 3. The molecule has 1 aliphatic rings. The van der Waals surface area contributed by atoms with E-state index in [1.165, 1.54) is 11.8 Å². The SMILES string of the molecule is CSc1nc(-c2cccc(NC(=O)c3ccccc3CN3Cc4ccccc4C3=O)c2)c(-c2ccnc(Nc3ccccc3)c2)[nH]1. The molecule has 4 aromatic carbocycles. The first kappa shape index (κ1) is 29.1. The van der Waals surface area contributed by atoms with Crippen molar-refractivity contribution in [1.82, 2.24) is 19.9 Å². The van der Waals surface area contributed by atoms with Crippen LogP contribution in [-0.2, 0) is 13.1 Å². The fourth-order valence-electron chi connectivity index (χ4n) is 5.66. The van der Waals surface area contributed by atoms with Gasteiger partial charge in [0.05, 0.1) is 11.4 Å². The summed E-state index contributed by atoms with van der Waals surface area (Å²) in [6.45, 7) is 0.872. The minimum absolute atomic E-state index is 0.0184. The molecule has 2 amide bonds. The average Bonchev–Trinajstić information content (AvgIpc) is 3.67. The largest absolute Gasteiger partial charge is 0.340 e. The molecule has 0 unspecified atom stereocenters. The molecular weight excluding hydrogens is 593 g/mol. The average molecular weight is 623 g/mol. The zero-order valence-electron chi connectivity index (χ0n) is 25.0. The molecule has 0 radical (unpaired) electrons. The van der Waals surface area contributed by atoms with E-state index in [9.17, 15) is 9.59 Å². The first-order valence-electron chi connectivity index (χ1n) is 14.8. The van der Waals surface area contributed by atoms with Crippen LogP contribution >= 0.6 is 11.8 Å². The van der Waals surface area contributed by atoms with Crippen molar-refractivity contribution in [3.05, 3.63) is 144 Å². The number of carbonyl (C=O) groups is 2. The maximum absolute atomic E-state index is 13.6. The summed E-state index contributed by atoms with van der Waals surface area (Å²) in [4.78, 5) is 41.2. The van der Waals surface area contributed by atoms with Gasteiger partial charge in [-0.2, -0.15) is 0 Å². The van der Waals surface area contributed by atoms with Gasteiger partial charge in [0.1, 0.15) is 5.82 Å². The monoisotopic (exact) mass is 622 g/mol. The fraction of sp³-hybridized carbons (Fsp3) is 0.0811. The van der Waals surface area contributed by atoms with Crippen LogP contribution in [0, 0.1) is 0 Å². The molecule has 8 nitrogen and oxygen atoms in total. The van der Waals surface area contributed by atoms with Crippen LogP contribution in [0.1, 0.15) is 31.8 Å². The van der Waals surface area contributed by atoms with E-state index in [0.29, 0.717) is 30.2 Å². The summed E-state index contributed by atoms with van der Waals surface area (Å²) < 4.78 is 0. The maximum Gasteiger partial charge on any atom is 0.256 e. The van der Waals surface area contributed by atoms with Gasteiger partial charge < -0.3 is 20.5 Å². The summed E-state index contributed by atoms with van der Waals surface area (Å²) in [5.41, 5.74) is 8.03. The number of hydrogen-bond donors (Lipinski definition) is 3. The number of fused-ring (bicyclic) bond motifs is 1. The van der Waals surface area contributed by atoms with Crippen molar-refractivity contribution in [2.75, 3.05) is 16.9 Å². The van der Waals surface area contributed by atoms with Gasteiger partial charge in [-0.1, -0.05) is 78.5 Å². The third-order valence-corrected chi connectivity index (χ3v) is 8.46. The maximum atomic E-state index is 13.6. The van der Waals surface area contributed by atoms with Crippen LogP contribution in [0.4, 0.5) is 17.2 Å². The Kier molecular flexibility index (Phi) is 8.05. The van der Waals surface area contributed by atoms with Crippen molar-refractivity contribution in [3.63, 3.8) is 0 Å². The molecule has 0 bridgehead atoms. The number of pyridine rings is 1. The van der Waals surface area contributed by atoms with Gasteiger partial charge in [-0.05, 0) is 65.9 Å². The Labute approximate surface area is 270 Å². The number of nitrogens with one attached hydrogen (secondary N) is 3. The van der Waals surface area contributed by atoms with E-state index >= 15 is 0 Å². The van der Waals surface area contributed by atoms with Crippen LogP contribution in [0.15, 0.2) is 127 Å². The molecule has 226 valence electrons. The van der Waals surface area contributed by atoms with Crippen LogP contribution in [0.25, 0.3) is 22.5 Å². The highest BCUT2D eigenvalue weighted by Gasteiger charge is 2.28. The van der Waals surface area contributed by atoms with Crippen LogP contribution in [-0.4, -0.2) is 37.9 Å². The van der Waals surface area contributed by atoms with Gasteiger partial charge in [-0.25, -0.2) is 9.97 Å². The quantitative estimate of drug-likeness (QED) is 0.141. The van der Waals surface area contributed by atoms with Crippen molar-refractivity contribution in [2.45, 2.75) is 18.2 Å². The predicted octanol–water partition coefficient (Wildman–Crippen LogP) is 8.01. The third-order valence-electron chi connectivity index (χ3n) is 7.88. The highest BCUT2D eigenvalue weighted by molar-refractivity contribution is 7.98. The molecule has 0 saturated carbocycles. The predicted molar refractivity (Wildman–Crippen MR) is 183 cm³/mol. The van der Waals surface area contributed by atoms with Gasteiger partial charge in [-0.3, -0.25) is 9.59 Å². The van der Waals surface area contributed by atoms with Gasteiger partial charge >= 0.3 is 0 Å². The number of amides is 2. The normalized spacial score (nSPS) is 12.2. The van der Waals surface area contributed by atoms with E-state index in [1.54, 1.807) is 17.2 Å². The van der Waals surface area contributed by atoms with Crippen LogP contribution < -0.4 is 10.6 Å². The van der Waals surface area contributed by atoms with Crippen LogP contribution in [0.2, 0.25) is 0 Å². The van der Waals surface area contributed by atoms with Crippen molar-refractivity contribution in [1.29, 1.82) is 0 Å². The molecule has 0 aliphatic carbocycles. The van der Waals surface area contributed by atoms with E-state index in [1.807, 2.05) is 115 Å². The number of aromatic nitrogens is 3. The van der Waals surface area contributed by atoms with Crippen molar-refractivity contribution >= 4 is 40.8 Å². The van der Waals surface area contributed by atoms with Gasteiger partial charge in [0, 0.05) is 52.9 Å².